The molecule has 0 aliphatic heterocycles. The maximum Gasteiger partial charge on any atom is 0.339 e. The highest BCUT2D eigenvalue weighted by Crippen LogP contribution is 2.47. The highest BCUT2D eigenvalue weighted by molar-refractivity contribution is 9.15. The number of benzene rings is 2. The molecule has 0 fully saturated rings. The van der Waals surface area contributed by atoms with Crippen LogP contribution in [0.2, 0.25) is 0 Å². The maximum atomic E-state index is 12.1. The van der Waals surface area contributed by atoms with Gasteiger partial charge in [0, 0.05) is 37.6 Å². The van der Waals surface area contributed by atoms with Crippen LogP contribution in [-0.4, -0.2) is 13.1 Å². The van der Waals surface area contributed by atoms with E-state index in [1.54, 1.807) is 0 Å². The third-order valence-electron chi connectivity index (χ3n) is 2.65. The normalized spacial score (nSPS) is 10.9. The molecule has 0 amide bonds. The Kier molecular flexibility index (Phi) is 5.80. The van der Waals surface area contributed by atoms with E-state index in [0.29, 0.717) is 10.0 Å². The number of rotatable bonds is 1. The predicted molar refractivity (Wildman–Crippen MR) is 101 cm³/mol. The summed E-state index contributed by atoms with van der Waals surface area (Å²) in [6, 6.07) is 1.87. The van der Waals surface area contributed by atoms with Gasteiger partial charge in [-0.2, -0.15) is 0 Å². The van der Waals surface area contributed by atoms with Gasteiger partial charge in [-0.25, -0.2) is 4.79 Å². The molecule has 2 aromatic carbocycles. The molecule has 0 saturated carbocycles. The Morgan fingerprint density at radius 1 is 0.900 bits per heavy atom. The minimum atomic E-state index is -0.406. The number of carbonyl (C=O) groups excluding carboxylic acids is 1. The minimum absolute atomic E-state index is 0.406. The van der Waals surface area contributed by atoms with Crippen LogP contribution in [0.15, 0.2) is 32.9 Å². The van der Waals surface area contributed by atoms with Crippen LogP contribution in [-0.2, 0) is 4.74 Å². The number of methoxy groups -OCH3 is 1. The van der Waals surface area contributed by atoms with Crippen molar-refractivity contribution in [2.75, 3.05) is 7.11 Å². The van der Waals surface area contributed by atoms with Gasteiger partial charge in [-0.15, -0.1) is 0 Å². The Hall–Kier alpha value is 1.05. The van der Waals surface area contributed by atoms with Gasteiger partial charge < -0.3 is 4.74 Å². The van der Waals surface area contributed by atoms with Crippen molar-refractivity contribution in [2.45, 2.75) is 0 Å². The lowest BCUT2D eigenvalue weighted by atomic mass is 10.0. The van der Waals surface area contributed by atoms with E-state index in [-0.39, 0.29) is 0 Å². The fourth-order valence-corrected chi connectivity index (χ4v) is 5.49. The Morgan fingerprint density at radius 2 is 1.45 bits per heavy atom. The summed E-state index contributed by atoms with van der Waals surface area (Å²) in [4.78, 5) is 12.1. The Balaban J connectivity index is 3.11. The van der Waals surface area contributed by atoms with E-state index in [1.807, 2.05) is 6.07 Å². The van der Waals surface area contributed by atoms with E-state index >= 15 is 0 Å². The first kappa shape index (κ1) is 17.4. The summed E-state index contributed by atoms with van der Waals surface area (Å²) in [5.74, 6) is -0.406. The first-order valence-corrected chi connectivity index (χ1v) is 9.79. The smallest absolute Gasteiger partial charge is 0.339 e. The van der Waals surface area contributed by atoms with Crippen molar-refractivity contribution in [3.8, 4) is 0 Å². The molecule has 2 aromatic rings. The zero-order valence-corrected chi connectivity index (χ0v) is 19.2. The van der Waals surface area contributed by atoms with Crippen LogP contribution < -0.4 is 0 Å². The molecule has 0 spiro atoms. The van der Waals surface area contributed by atoms with Crippen molar-refractivity contribution in [3.05, 3.63) is 38.5 Å². The Labute approximate surface area is 165 Å². The second-order valence-corrected chi connectivity index (χ2v) is 8.54. The summed E-state index contributed by atoms with van der Waals surface area (Å²) >= 11 is 21.0. The summed E-state index contributed by atoms with van der Waals surface area (Å²) < 4.78 is 9.66. The van der Waals surface area contributed by atoms with Crippen molar-refractivity contribution in [1.29, 1.82) is 0 Å². The molecule has 8 heteroatoms. The van der Waals surface area contributed by atoms with Crippen molar-refractivity contribution >= 4 is 112 Å². The van der Waals surface area contributed by atoms with Gasteiger partial charge in [0.25, 0.3) is 0 Å². The van der Waals surface area contributed by atoms with Crippen LogP contribution >= 0.6 is 95.6 Å². The van der Waals surface area contributed by atoms with E-state index in [1.165, 1.54) is 7.11 Å². The van der Waals surface area contributed by atoms with E-state index in [4.69, 9.17) is 4.74 Å². The number of ether oxygens (including phenoxy) is 1. The molecule has 0 aliphatic rings. The number of halogens is 6. The third-order valence-corrected chi connectivity index (χ3v) is 9.39. The van der Waals surface area contributed by atoms with Crippen LogP contribution in [0.4, 0.5) is 0 Å². The van der Waals surface area contributed by atoms with Gasteiger partial charge >= 0.3 is 5.97 Å². The molecule has 106 valence electrons. The van der Waals surface area contributed by atoms with Crippen LogP contribution in [0, 0.1) is 0 Å². The Bertz CT molecular complexity index is 733. The first-order valence-electron chi connectivity index (χ1n) is 5.03. The zero-order valence-electron chi connectivity index (χ0n) is 9.66. The highest BCUT2D eigenvalue weighted by Gasteiger charge is 2.24. The van der Waals surface area contributed by atoms with E-state index in [9.17, 15) is 4.79 Å². The summed E-state index contributed by atoms with van der Waals surface area (Å²) in [6.07, 6.45) is 0. The predicted octanol–water partition coefficient (Wildman–Crippen LogP) is 7.20. The van der Waals surface area contributed by atoms with Crippen molar-refractivity contribution < 1.29 is 9.53 Å². The van der Waals surface area contributed by atoms with Crippen LogP contribution in [0.5, 0.6) is 0 Å². The first-order chi connectivity index (χ1) is 9.31. The summed E-state index contributed by atoms with van der Waals surface area (Å²) in [5.41, 5.74) is 0.464. The largest absolute Gasteiger partial charge is 0.465 e. The number of hydrogen-bond donors (Lipinski definition) is 0. The molecule has 2 rings (SSSR count). The molecular weight excluding hydrogens is 656 g/mol. The summed E-state index contributed by atoms with van der Waals surface area (Å²) in [5, 5.41) is 1.64. The SMILES string of the molecule is COC(=O)c1c(Br)c(Br)c(Br)c2c(Br)c(Br)c(Br)cc12. The Morgan fingerprint density at radius 3 is 2.00 bits per heavy atom. The second kappa shape index (κ2) is 6.66. The lowest BCUT2D eigenvalue weighted by Crippen LogP contribution is -2.05. The van der Waals surface area contributed by atoms with Gasteiger partial charge in [-0.3, -0.25) is 0 Å². The van der Waals surface area contributed by atoms with Gasteiger partial charge in [0.15, 0.2) is 0 Å². The molecule has 0 atom stereocenters. The minimum Gasteiger partial charge on any atom is -0.465 e. The zero-order chi connectivity index (χ0) is 15.2. The van der Waals surface area contributed by atoms with Crippen LogP contribution in [0.3, 0.4) is 0 Å². The highest BCUT2D eigenvalue weighted by atomic mass is 79.9. The molecule has 0 N–H and O–H groups in total. The monoisotopic (exact) mass is 654 g/mol. The van der Waals surface area contributed by atoms with Crippen molar-refractivity contribution in [1.82, 2.24) is 0 Å². The van der Waals surface area contributed by atoms with Crippen LogP contribution in [0.1, 0.15) is 10.4 Å². The van der Waals surface area contributed by atoms with Crippen LogP contribution in [0.25, 0.3) is 10.8 Å². The summed E-state index contributed by atoms with van der Waals surface area (Å²) in [6.45, 7) is 0. The molecule has 0 radical (unpaired) electrons. The summed E-state index contributed by atoms with van der Waals surface area (Å²) in [7, 11) is 1.36. The molecule has 0 aromatic heterocycles. The van der Waals surface area contributed by atoms with Crippen molar-refractivity contribution in [2.24, 2.45) is 0 Å². The van der Waals surface area contributed by atoms with Gasteiger partial charge in [-0.05, 0) is 102 Å². The maximum absolute atomic E-state index is 12.1. The van der Waals surface area contributed by atoms with Gasteiger partial charge in [0.2, 0.25) is 0 Å². The average Bonchev–Trinajstić information content (AvgIpc) is 2.42. The molecule has 0 unspecified atom stereocenters. The molecule has 0 aliphatic carbocycles. The van der Waals surface area contributed by atoms with E-state index in [2.05, 4.69) is 95.6 Å². The molecule has 0 heterocycles. The van der Waals surface area contributed by atoms with Gasteiger partial charge in [0.05, 0.1) is 12.7 Å². The molecule has 20 heavy (non-hydrogen) atoms. The molecule has 2 nitrogen and oxygen atoms in total. The number of fused-ring (bicyclic) bond motifs is 1. The molecule has 0 saturated heterocycles. The van der Waals surface area contributed by atoms with Crippen molar-refractivity contribution in [3.63, 3.8) is 0 Å². The fourth-order valence-electron chi connectivity index (χ4n) is 1.74. The lowest BCUT2D eigenvalue weighted by Gasteiger charge is -2.15. The molecule has 0 bridgehead atoms. The number of esters is 1. The average molecular weight is 660 g/mol. The van der Waals surface area contributed by atoms with Gasteiger partial charge in [-0.1, -0.05) is 0 Å². The standard InChI is InChI=1S/C12H4Br6O2/c1-20-12(19)6-3-2-4(13)7(14)8(15)5(3)9(16)11(18)10(6)17/h2H,1H3. The quantitative estimate of drug-likeness (QED) is 0.239. The number of hydrogen-bond acceptors (Lipinski definition) is 2. The lowest BCUT2D eigenvalue weighted by molar-refractivity contribution is 0.0602. The molecular formula is C12H4Br6O2. The van der Waals surface area contributed by atoms with E-state index < -0.39 is 5.97 Å². The topological polar surface area (TPSA) is 26.3 Å². The number of carbonyl (C=O) groups is 1. The second-order valence-electron chi connectivity index (χ2n) is 3.72. The van der Waals surface area contributed by atoms with E-state index in [0.717, 1.165) is 33.1 Å². The third kappa shape index (κ3) is 2.80. The van der Waals surface area contributed by atoms with Gasteiger partial charge in [0.1, 0.15) is 0 Å². The fraction of sp³-hybridized carbons (Fsp3) is 0.0833.